The van der Waals surface area contributed by atoms with Gasteiger partial charge in [-0.2, -0.15) is 0 Å². The van der Waals surface area contributed by atoms with E-state index in [1.807, 2.05) is 48.5 Å². The van der Waals surface area contributed by atoms with Gasteiger partial charge in [0.05, 0.1) is 0 Å². The van der Waals surface area contributed by atoms with Gasteiger partial charge in [-0.1, -0.05) is 62.4 Å². The van der Waals surface area contributed by atoms with Crippen molar-refractivity contribution >= 4 is 11.9 Å². The third kappa shape index (κ3) is 2.61. The van der Waals surface area contributed by atoms with E-state index in [1.54, 1.807) is 13.8 Å². The van der Waals surface area contributed by atoms with Crippen molar-refractivity contribution in [3.63, 3.8) is 0 Å². The molecule has 1 atom stereocenters. The molecule has 2 N–H and O–H groups in total. The second kappa shape index (κ2) is 5.88. The zero-order chi connectivity index (χ0) is 16.6. The summed E-state index contributed by atoms with van der Waals surface area (Å²) in [7, 11) is 0. The van der Waals surface area contributed by atoms with E-state index in [0.29, 0.717) is 0 Å². The van der Waals surface area contributed by atoms with Crippen molar-refractivity contribution in [1.82, 2.24) is 5.32 Å². The Balaban J connectivity index is 2.09. The number of carbonyl (C=O) groups is 2. The lowest BCUT2D eigenvalue weighted by Gasteiger charge is -2.24. The lowest BCUT2D eigenvalue weighted by molar-refractivity contribution is -0.142. The number of carboxylic acid groups (broad SMARTS) is 1. The Kier molecular flexibility index (Phi) is 3.90. The van der Waals surface area contributed by atoms with E-state index < -0.39 is 12.0 Å². The van der Waals surface area contributed by atoms with Crippen LogP contribution in [0.2, 0.25) is 0 Å². The van der Waals surface area contributed by atoms with Gasteiger partial charge in [0.25, 0.3) is 0 Å². The maximum absolute atomic E-state index is 12.1. The molecule has 0 saturated heterocycles. The molecule has 2 aromatic carbocycles. The van der Waals surface area contributed by atoms with Gasteiger partial charge in [-0.3, -0.25) is 4.79 Å². The van der Waals surface area contributed by atoms with Gasteiger partial charge in [0.15, 0.2) is 0 Å². The van der Waals surface area contributed by atoms with Crippen molar-refractivity contribution in [2.75, 3.05) is 0 Å². The molecule has 0 fully saturated rings. The first-order valence-electron chi connectivity index (χ1n) is 7.72. The number of hydrogen-bond donors (Lipinski definition) is 2. The zero-order valence-electron chi connectivity index (χ0n) is 13.1. The van der Waals surface area contributed by atoms with Gasteiger partial charge in [0, 0.05) is 11.8 Å². The van der Waals surface area contributed by atoms with Crippen LogP contribution in [0, 0.1) is 5.92 Å². The number of amides is 1. The maximum Gasteiger partial charge on any atom is 0.327 e. The first-order chi connectivity index (χ1) is 11.0. The Morgan fingerprint density at radius 2 is 1.43 bits per heavy atom. The fourth-order valence-electron chi connectivity index (χ4n) is 3.16. The average Bonchev–Trinajstić information content (AvgIpc) is 2.86. The fraction of sp³-hybridized carbons (Fsp3) is 0.263. The minimum atomic E-state index is -1.02. The number of aliphatic carboxylic acids is 1. The summed E-state index contributed by atoms with van der Waals surface area (Å²) in [5, 5.41) is 12.4. The fourth-order valence-corrected chi connectivity index (χ4v) is 3.16. The summed E-state index contributed by atoms with van der Waals surface area (Å²) in [6.07, 6.45) is 0. The number of benzene rings is 2. The third-order valence-electron chi connectivity index (χ3n) is 4.30. The van der Waals surface area contributed by atoms with Crippen LogP contribution in [0.5, 0.6) is 0 Å². The van der Waals surface area contributed by atoms with E-state index in [-0.39, 0.29) is 17.7 Å². The molecule has 1 aliphatic carbocycles. The standard InChI is InChI=1S/C19H19NO3/c1-11(2)18(21)20-17(19(22)23)16-14-9-5-3-7-12(14)13-8-4-6-10-15(13)16/h3-11,16-17H,1-2H3,(H,20,21)(H,22,23)/t17-/m0/s1. The highest BCUT2D eigenvalue weighted by atomic mass is 16.4. The van der Waals surface area contributed by atoms with Crippen LogP contribution in [0.25, 0.3) is 11.1 Å². The molecule has 3 rings (SSSR count). The SMILES string of the molecule is CC(C)C(=O)N[C@H](C(=O)O)C1c2ccccc2-c2ccccc21. The van der Waals surface area contributed by atoms with Crippen molar-refractivity contribution in [3.8, 4) is 11.1 Å². The molecule has 1 aliphatic rings. The molecule has 1 amide bonds. The summed E-state index contributed by atoms with van der Waals surface area (Å²) in [5.74, 6) is -1.90. The van der Waals surface area contributed by atoms with Crippen LogP contribution < -0.4 is 5.32 Å². The van der Waals surface area contributed by atoms with Crippen LogP contribution in [0.3, 0.4) is 0 Å². The highest BCUT2D eigenvalue weighted by Gasteiger charge is 2.38. The van der Waals surface area contributed by atoms with Crippen LogP contribution >= 0.6 is 0 Å². The van der Waals surface area contributed by atoms with Crippen LogP contribution in [-0.4, -0.2) is 23.0 Å². The molecule has 118 valence electrons. The summed E-state index contributed by atoms with van der Waals surface area (Å²) in [4.78, 5) is 23.9. The summed E-state index contributed by atoms with van der Waals surface area (Å²) in [6, 6.07) is 14.6. The Hall–Kier alpha value is -2.62. The molecule has 2 aromatic rings. The highest BCUT2D eigenvalue weighted by molar-refractivity contribution is 5.89. The Morgan fingerprint density at radius 1 is 0.957 bits per heavy atom. The number of rotatable bonds is 4. The number of hydrogen-bond acceptors (Lipinski definition) is 2. The summed E-state index contributed by atoms with van der Waals surface area (Å²) < 4.78 is 0. The van der Waals surface area contributed by atoms with Gasteiger partial charge < -0.3 is 10.4 Å². The first kappa shape index (κ1) is 15.3. The summed E-state index contributed by atoms with van der Waals surface area (Å²) in [5.41, 5.74) is 3.98. The molecule has 0 aliphatic heterocycles. The second-order valence-corrected chi connectivity index (χ2v) is 6.13. The van der Waals surface area contributed by atoms with E-state index in [2.05, 4.69) is 5.32 Å². The Labute approximate surface area is 135 Å². The largest absolute Gasteiger partial charge is 0.480 e. The van der Waals surface area contributed by atoms with E-state index in [0.717, 1.165) is 22.3 Å². The van der Waals surface area contributed by atoms with E-state index in [1.165, 1.54) is 0 Å². The molecule has 0 heterocycles. The number of fused-ring (bicyclic) bond motifs is 3. The molecule has 0 aromatic heterocycles. The second-order valence-electron chi connectivity index (χ2n) is 6.13. The molecule has 0 radical (unpaired) electrons. The van der Waals surface area contributed by atoms with Crippen molar-refractivity contribution in [2.45, 2.75) is 25.8 Å². The molecule has 4 heteroatoms. The number of carbonyl (C=O) groups excluding carboxylic acids is 1. The zero-order valence-corrected chi connectivity index (χ0v) is 13.1. The molecule has 4 nitrogen and oxygen atoms in total. The molecule has 0 saturated carbocycles. The summed E-state index contributed by atoms with van der Waals surface area (Å²) >= 11 is 0. The van der Waals surface area contributed by atoms with Crippen molar-refractivity contribution < 1.29 is 14.7 Å². The smallest absolute Gasteiger partial charge is 0.327 e. The molecule has 0 unspecified atom stereocenters. The molecular weight excluding hydrogens is 290 g/mol. The Bertz CT molecular complexity index is 721. The van der Waals surface area contributed by atoms with Crippen molar-refractivity contribution in [2.24, 2.45) is 5.92 Å². The van der Waals surface area contributed by atoms with Gasteiger partial charge in [-0.05, 0) is 22.3 Å². The van der Waals surface area contributed by atoms with Crippen LogP contribution in [0.1, 0.15) is 30.9 Å². The first-order valence-corrected chi connectivity index (χ1v) is 7.72. The maximum atomic E-state index is 12.1. The van der Waals surface area contributed by atoms with Crippen molar-refractivity contribution in [1.29, 1.82) is 0 Å². The molecule has 0 spiro atoms. The number of nitrogens with one attached hydrogen (secondary N) is 1. The van der Waals surface area contributed by atoms with Crippen LogP contribution in [-0.2, 0) is 9.59 Å². The van der Waals surface area contributed by atoms with Crippen LogP contribution in [0.4, 0.5) is 0 Å². The van der Waals surface area contributed by atoms with Gasteiger partial charge in [-0.25, -0.2) is 4.79 Å². The lowest BCUT2D eigenvalue weighted by Crippen LogP contribution is -2.46. The highest BCUT2D eigenvalue weighted by Crippen LogP contribution is 2.46. The summed E-state index contributed by atoms with van der Waals surface area (Å²) in [6.45, 7) is 3.51. The third-order valence-corrected chi connectivity index (χ3v) is 4.30. The molecule has 0 bridgehead atoms. The van der Waals surface area contributed by atoms with Crippen LogP contribution in [0.15, 0.2) is 48.5 Å². The van der Waals surface area contributed by atoms with Gasteiger partial charge in [-0.15, -0.1) is 0 Å². The normalized spacial score (nSPS) is 14.2. The lowest BCUT2D eigenvalue weighted by atomic mass is 9.89. The number of carboxylic acids is 1. The van der Waals surface area contributed by atoms with Gasteiger partial charge in [0.1, 0.15) is 6.04 Å². The molecule has 23 heavy (non-hydrogen) atoms. The van der Waals surface area contributed by atoms with Gasteiger partial charge >= 0.3 is 5.97 Å². The van der Waals surface area contributed by atoms with E-state index >= 15 is 0 Å². The van der Waals surface area contributed by atoms with E-state index in [9.17, 15) is 14.7 Å². The topological polar surface area (TPSA) is 66.4 Å². The minimum absolute atomic E-state index is 0.251. The van der Waals surface area contributed by atoms with Crippen molar-refractivity contribution in [3.05, 3.63) is 59.7 Å². The predicted octanol–water partition coefficient (Wildman–Crippen LogP) is 3.02. The Morgan fingerprint density at radius 3 is 1.87 bits per heavy atom. The quantitative estimate of drug-likeness (QED) is 0.912. The monoisotopic (exact) mass is 309 g/mol. The predicted molar refractivity (Wildman–Crippen MR) is 88.1 cm³/mol. The minimum Gasteiger partial charge on any atom is -0.480 e. The average molecular weight is 309 g/mol. The molecular formula is C19H19NO3. The van der Waals surface area contributed by atoms with E-state index in [4.69, 9.17) is 0 Å². The van der Waals surface area contributed by atoms with Gasteiger partial charge in [0.2, 0.25) is 5.91 Å².